The van der Waals surface area contributed by atoms with Crippen LogP contribution in [0, 0.1) is 5.92 Å². The van der Waals surface area contributed by atoms with Crippen LogP contribution in [0.4, 0.5) is 0 Å². The van der Waals surface area contributed by atoms with E-state index in [1.807, 2.05) is 47.4 Å². The fraction of sp³-hybridized carbons (Fsp3) is 0.464. The normalized spacial score (nSPS) is 24.1. The van der Waals surface area contributed by atoms with Crippen molar-refractivity contribution in [3.8, 4) is 17.2 Å². The van der Waals surface area contributed by atoms with E-state index < -0.39 is 11.3 Å². The van der Waals surface area contributed by atoms with Gasteiger partial charge in [0.05, 0.1) is 39.1 Å². The number of hydrogen-bond acceptors (Lipinski definition) is 7. The van der Waals surface area contributed by atoms with E-state index in [9.17, 15) is 4.79 Å². The Balaban J connectivity index is 1.22. The molecule has 2 atom stereocenters. The molecule has 3 heterocycles. The lowest BCUT2D eigenvalue weighted by molar-refractivity contribution is -0.132. The number of carbonyl (C=O) groups is 1. The Morgan fingerprint density at radius 2 is 1.78 bits per heavy atom. The molecule has 0 saturated carbocycles. The maximum Gasteiger partial charge on any atom is 0.255 e. The van der Waals surface area contributed by atoms with Gasteiger partial charge in [0.15, 0.2) is 17.3 Å². The number of benzene rings is 2. The average Bonchev–Trinajstić information content (AvgIpc) is 3.61. The van der Waals surface area contributed by atoms with E-state index in [4.69, 9.17) is 28.4 Å². The van der Waals surface area contributed by atoms with Gasteiger partial charge in [-0.25, -0.2) is 0 Å². The zero-order valence-electron chi connectivity index (χ0n) is 20.7. The monoisotopic (exact) mass is 493 g/mol. The second kappa shape index (κ2) is 9.10. The van der Waals surface area contributed by atoms with Crippen LogP contribution in [0.5, 0.6) is 17.2 Å². The average molecular weight is 494 g/mol. The Bertz CT molecular complexity index is 1170. The molecule has 8 heteroatoms. The fourth-order valence-corrected chi connectivity index (χ4v) is 5.62. The van der Waals surface area contributed by atoms with Crippen LogP contribution >= 0.6 is 0 Å². The van der Waals surface area contributed by atoms with E-state index in [1.54, 1.807) is 7.11 Å². The lowest BCUT2D eigenvalue weighted by Crippen LogP contribution is -2.49. The van der Waals surface area contributed by atoms with Crippen LogP contribution in [0.3, 0.4) is 0 Å². The Morgan fingerprint density at radius 1 is 1.03 bits per heavy atom. The molecule has 190 valence electrons. The van der Waals surface area contributed by atoms with E-state index in [0.717, 1.165) is 16.9 Å². The van der Waals surface area contributed by atoms with Gasteiger partial charge in [0, 0.05) is 18.5 Å². The highest BCUT2D eigenvalue weighted by Gasteiger charge is 2.53. The molecule has 0 radical (unpaired) electrons. The van der Waals surface area contributed by atoms with Crippen LogP contribution in [-0.2, 0) is 26.4 Å². The van der Waals surface area contributed by atoms with Gasteiger partial charge in [-0.3, -0.25) is 4.79 Å². The predicted octanol–water partition coefficient (Wildman–Crippen LogP) is 4.02. The van der Waals surface area contributed by atoms with Crippen LogP contribution in [0.1, 0.15) is 41.3 Å². The molecule has 2 aromatic rings. The zero-order chi connectivity index (χ0) is 24.8. The standard InChI is InChI=1S/C28H31NO7/c1-19(16-32-17-20-3-5-21(31-2)6-4-20)15-29-26(30)22-13-24-25(34-18-33-24)14-23(22)27(29)7-9-28(10-8-27)35-11-12-36-28/h3-7,9,13-14,19H,8,10-12,15-18H2,1-2H3/t19-,27?/m1/s1. The maximum absolute atomic E-state index is 13.8. The number of rotatable bonds is 7. The lowest BCUT2D eigenvalue weighted by atomic mass is 9.79. The summed E-state index contributed by atoms with van der Waals surface area (Å²) in [6.45, 7) is 5.04. The molecule has 4 aliphatic rings. The van der Waals surface area contributed by atoms with Gasteiger partial charge in [0.1, 0.15) is 5.75 Å². The number of amides is 1. The van der Waals surface area contributed by atoms with Crippen molar-refractivity contribution >= 4 is 5.91 Å². The number of fused-ring (bicyclic) bond motifs is 3. The topological polar surface area (TPSA) is 75.7 Å². The van der Waals surface area contributed by atoms with Gasteiger partial charge in [-0.1, -0.05) is 25.1 Å². The van der Waals surface area contributed by atoms with E-state index >= 15 is 0 Å². The molecule has 0 aromatic heterocycles. The summed E-state index contributed by atoms with van der Waals surface area (Å²) >= 11 is 0. The van der Waals surface area contributed by atoms with Crippen LogP contribution in [0.25, 0.3) is 0 Å². The summed E-state index contributed by atoms with van der Waals surface area (Å²) in [5.74, 6) is 1.56. The van der Waals surface area contributed by atoms with Crippen molar-refractivity contribution in [2.45, 2.75) is 37.7 Å². The molecule has 6 rings (SSSR count). The first-order valence-electron chi connectivity index (χ1n) is 12.5. The first-order valence-corrected chi connectivity index (χ1v) is 12.5. The Labute approximate surface area is 210 Å². The molecule has 2 spiro atoms. The van der Waals surface area contributed by atoms with E-state index in [1.165, 1.54) is 0 Å². The van der Waals surface area contributed by atoms with Gasteiger partial charge in [-0.15, -0.1) is 0 Å². The van der Waals surface area contributed by atoms with Gasteiger partial charge in [0.25, 0.3) is 5.91 Å². The highest BCUT2D eigenvalue weighted by Crippen LogP contribution is 2.52. The molecule has 1 fully saturated rings. The Kier molecular flexibility index (Phi) is 5.90. The first kappa shape index (κ1) is 23.3. The molecule has 1 unspecified atom stereocenters. The number of nitrogens with zero attached hydrogens (tertiary/aromatic N) is 1. The summed E-state index contributed by atoms with van der Waals surface area (Å²) in [7, 11) is 1.65. The lowest BCUT2D eigenvalue weighted by Gasteiger charge is -2.43. The maximum atomic E-state index is 13.8. The largest absolute Gasteiger partial charge is 0.497 e. The summed E-state index contributed by atoms with van der Waals surface area (Å²) < 4.78 is 34.3. The minimum atomic E-state index is -0.688. The molecule has 1 aliphatic carbocycles. The summed E-state index contributed by atoms with van der Waals surface area (Å²) in [6.07, 6.45) is 5.46. The molecule has 0 bridgehead atoms. The van der Waals surface area contributed by atoms with E-state index in [0.29, 0.717) is 62.9 Å². The molecular formula is C28H31NO7. The van der Waals surface area contributed by atoms with Crippen LogP contribution < -0.4 is 14.2 Å². The number of carbonyl (C=O) groups excluding carboxylic acids is 1. The van der Waals surface area contributed by atoms with Crippen molar-refractivity contribution in [1.82, 2.24) is 4.90 Å². The van der Waals surface area contributed by atoms with Gasteiger partial charge in [0.2, 0.25) is 6.79 Å². The summed E-state index contributed by atoms with van der Waals surface area (Å²) in [5, 5.41) is 0. The SMILES string of the molecule is COc1ccc(COC[C@H](C)CN2C(=O)c3cc4c(cc3C23C=CC2(CC3)OCCO2)OCO4)cc1. The van der Waals surface area contributed by atoms with Gasteiger partial charge >= 0.3 is 0 Å². The third-order valence-corrected chi connectivity index (χ3v) is 7.50. The summed E-state index contributed by atoms with van der Waals surface area (Å²) in [4.78, 5) is 15.7. The second-order valence-corrected chi connectivity index (χ2v) is 9.90. The van der Waals surface area contributed by atoms with Gasteiger partial charge < -0.3 is 33.3 Å². The van der Waals surface area contributed by atoms with Crippen molar-refractivity contribution in [3.63, 3.8) is 0 Å². The van der Waals surface area contributed by atoms with Crippen molar-refractivity contribution in [2.24, 2.45) is 5.92 Å². The minimum absolute atomic E-state index is 0.000775. The second-order valence-electron chi connectivity index (χ2n) is 9.90. The van der Waals surface area contributed by atoms with Crippen molar-refractivity contribution < 1.29 is 33.2 Å². The third kappa shape index (κ3) is 3.93. The van der Waals surface area contributed by atoms with E-state index in [-0.39, 0.29) is 18.6 Å². The van der Waals surface area contributed by atoms with E-state index in [2.05, 4.69) is 13.0 Å². The highest BCUT2D eigenvalue weighted by atomic mass is 16.7. The fourth-order valence-electron chi connectivity index (χ4n) is 5.62. The smallest absolute Gasteiger partial charge is 0.255 e. The van der Waals surface area contributed by atoms with Crippen molar-refractivity contribution in [3.05, 3.63) is 65.2 Å². The van der Waals surface area contributed by atoms with Crippen LogP contribution in [0.2, 0.25) is 0 Å². The van der Waals surface area contributed by atoms with Crippen LogP contribution in [-0.4, -0.2) is 56.9 Å². The first-order chi connectivity index (χ1) is 17.5. The number of methoxy groups -OCH3 is 1. The predicted molar refractivity (Wildman–Crippen MR) is 130 cm³/mol. The number of ether oxygens (including phenoxy) is 6. The molecule has 36 heavy (non-hydrogen) atoms. The van der Waals surface area contributed by atoms with Crippen LogP contribution in [0.15, 0.2) is 48.6 Å². The third-order valence-electron chi connectivity index (χ3n) is 7.50. The number of hydrogen-bond donors (Lipinski definition) is 0. The van der Waals surface area contributed by atoms with Crippen molar-refractivity contribution in [2.75, 3.05) is 40.3 Å². The Morgan fingerprint density at radius 3 is 2.47 bits per heavy atom. The molecule has 1 saturated heterocycles. The molecular weight excluding hydrogens is 462 g/mol. The van der Waals surface area contributed by atoms with Gasteiger partial charge in [-0.2, -0.15) is 0 Å². The molecule has 3 aliphatic heterocycles. The molecule has 0 N–H and O–H groups in total. The molecule has 8 nitrogen and oxygen atoms in total. The Hall–Kier alpha value is -3.07. The quantitative estimate of drug-likeness (QED) is 0.540. The van der Waals surface area contributed by atoms with Gasteiger partial charge in [-0.05, 0) is 53.8 Å². The van der Waals surface area contributed by atoms with Crippen molar-refractivity contribution in [1.29, 1.82) is 0 Å². The summed E-state index contributed by atoms with van der Waals surface area (Å²) in [6, 6.07) is 11.6. The zero-order valence-corrected chi connectivity index (χ0v) is 20.7. The summed E-state index contributed by atoms with van der Waals surface area (Å²) in [5.41, 5.74) is 2.11. The molecule has 1 amide bonds. The minimum Gasteiger partial charge on any atom is -0.497 e. The molecule has 2 aromatic carbocycles. The highest BCUT2D eigenvalue weighted by molar-refractivity contribution is 6.01.